The van der Waals surface area contributed by atoms with Crippen LogP contribution in [0.15, 0.2) is 53.9 Å². The van der Waals surface area contributed by atoms with Crippen molar-refractivity contribution >= 4 is 5.71 Å². The lowest BCUT2D eigenvalue weighted by Crippen LogP contribution is -2.21. The molecule has 4 nitrogen and oxygen atoms in total. The van der Waals surface area contributed by atoms with Crippen molar-refractivity contribution in [1.82, 2.24) is 0 Å². The lowest BCUT2D eigenvalue weighted by Gasteiger charge is -2.18. The van der Waals surface area contributed by atoms with Gasteiger partial charge in [-0.1, -0.05) is 36.4 Å². The number of hydrogen-bond acceptors (Lipinski definition) is 2. The van der Waals surface area contributed by atoms with Gasteiger partial charge >= 0.3 is 5.71 Å². The Morgan fingerprint density at radius 3 is 2.59 bits per heavy atom. The van der Waals surface area contributed by atoms with Crippen LogP contribution in [-0.2, 0) is 4.74 Å². The second-order valence-corrected chi connectivity index (χ2v) is 3.72. The molecule has 1 unspecified atom stereocenters. The first-order chi connectivity index (χ1) is 8.27. The van der Waals surface area contributed by atoms with E-state index >= 15 is 0 Å². The highest BCUT2D eigenvalue weighted by atomic mass is 16.5. The zero-order chi connectivity index (χ0) is 12.3. The van der Waals surface area contributed by atoms with E-state index < -0.39 is 0 Å². The molecule has 0 fully saturated rings. The van der Waals surface area contributed by atoms with E-state index in [0.717, 1.165) is 5.56 Å². The van der Waals surface area contributed by atoms with Crippen LogP contribution in [0.5, 0.6) is 0 Å². The molecule has 0 saturated carbocycles. The van der Waals surface area contributed by atoms with E-state index in [1.807, 2.05) is 36.4 Å². The van der Waals surface area contributed by atoms with Crippen LogP contribution in [0.4, 0.5) is 0 Å². The summed E-state index contributed by atoms with van der Waals surface area (Å²) >= 11 is 0. The van der Waals surface area contributed by atoms with Crippen LogP contribution in [0.25, 0.3) is 5.53 Å². The molecule has 2 rings (SSSR count). The van der Waals surface area contributed by atoms with Gasteiger partial charge in [-0.25, -0.2) is 0 Å². The number of nitrogens with zero attached hydrogens (tertiary/aromatic N) is 2. The lowest BCUT2D eigenvalue weighted by molar-refractivity contribution is -0.00711. The Balaban J connectivity index is 2.47. The summed E-state index contributed by atoms with van der Waals surface area (Å²) < 4.78 is 5.17. The van der Waals surface area contributed by atoms with Crippen LogP contribution < -0.4 is 5.73 Å². The first-order valence-corrected chi connectivity index (χ1v) is 5.27. The van der Waals surface area contributed by atoms with E-state index in [4.69, 9.17) is 16.0 Å². The van der Waals surface area contributed by atoms with Crippen molar-refractivity contribution < 1.29 is 9.53 Å². The summed E-state index contributed by atoms with van der Waals surface area (Å²) in [6, 6.07) is 9.86. The molecular weight excluding hydrogens is 214 g/mol. The van der Waals surface area contributed by atoms with Crippen molar-refractivity contribution in [2.75, 3.05) is 7.11 Å². The molecule has 86 valence electrons. The summed E-state index contributed by atoms with van der Waals surface area (Å²) in [5.74, 6) is 0.375. The van der Waals surface area contributed by atoms with Crippen molar-refractivity contribution in [1.29, 1.82) is 0 Å². The third kappa shape index (κ3) is 1.98. The fourth-order valence-corrected chi connectivity index (χ4v) is 1.91. The normalized spacial score (nSPS) is 19.1. The summed E-state index contributed by atoms with van der Waals surface area (Å²) in [5, 5.41) is 0. The molecule has 0 aliphatic heterocycles. The van der Waals surface area contributed by atoms with Crippen LogP contribution in [0, 0.1) is 0 Å². The van der Waals surface area contributed by atoms with E-state index in [1.165, 1.54) is 7.11 Å². The highest BCUT2D eigenvalue weighted by Crippen LogP contribution is 2.28. The Labute approximate surface area is 99.6 Å². The van der Waals surface area contributed by atoms with Gasteiger partial charge in [0.1, 0.15) is 0 Å². The van der Waals surface area contributed by atoms with Gasteiger partial charge < -0.3 is 16.0 Å². The molecule has 1 aromatic carbocycles. The van der Waals surface area contributed by atoms with Gasteiger partial charge in [0.2, 0.25) is 5.76 Å². The number of rotatable bonds is 2. The van der Waals surface area contributed by atoms with Crippen LogP contribution >= 0.6 is 0 Å². The van der Waals surface area contributed by atoms with Gasteiger partial charge in [-0.2, -0.15) is 4.79 Å². The Morgan fingerprint density at radius 2 is 2.00 bits per heavy atom. The van der Waals surface area contributed by atoms with Crippen molar-refractivity contribution in [2.24, 2.45) is 5.73 Å². The molecule has 4 heteroatoms. The van der Waals surface area contributed by atoms with Crippen LogP contribution in [0.2, 0.25) is 0 Å². The van der Waals surface area contributed by atoms with Gasteiger partial charge in [0.25, 0.3) is 0 Å². The van der Waals surface area contributed by atoms with Gasteiger partial charge in [0.15, 0.2) is 0 Å². The van der Waals surface area contributed by atoms with Crippen molar-refractivity contribution in [3.8, 4) is 0 Å². The average molecular weight is 227 g/mol. The maximum absolute atomic E-state index is 8.83. The summed E-state index contributed by atoms with van der Waals surface area (Å²) in [6.45, 7) is 0. The number of ether oxygens (including phenoxy) is 1. The van der Waals surface area contributed by atoms with Gasteiger partial charge in [0.05, 0.1) is 12.8 Å². The third-order valence-corrected chi connectivity index (χ3v) is 2.75. The Hall–Kier alpha value is -2.32. The fraction of sp³-hybridized carbons (Fsp3) is 0.154. The molecule has 0 aromatic heterocycles. The number of hydrogen-bond donors (Lipinski definition) is 1. The molecule has 1 aliphatic carbocycles. The molecule has 1 atom stereocenters. The molecule has 2 N–H and O–H groups in total. The van der Waals surface area contributed by atoms with E-state index in [9.17, 15) is 0 Å². The van der Waals surface area contributed by atoms with Crippen LogP contribution in [0.3, 0.4) is 0 Å². The quantitative estimate of drug-likeness (QED) is 0.618. The highest BCUT2D eigenvalue weighted by molar-refractivity contribution is 6.04. The molecule has 0 bridgehead atoms. The summed E-state index contributed by atoms with van der Waals surface area (Å²) in [4.78, 5) is 3.15. The minimum Gasteiger partial charge on any atom is -0.488 e. The second-order valence-electron chi connectivity index (χ2n) is 3.72. The van der Waals surface area contributed by atoms with Crippen molar-refractivity contribution in [2.45, 2.75) is 5.92 Å². The third-order valence-electron chi connectivity index (χ3n) is 2.75. The van der Waals surface area contributed by atoms with E-state index in [2.05, 4.69) is 4.79 Å². The number of methoxy groups -OCH3 is 1. The molecule has 1 aliphatic rings. The molecule has 17 heavy (non-hydrogen) atoms. The number of nitrogens with two attached hydrogens (primary N) is 1. The largest absolute Gasteiger partial charge is 0.488 e. The predicted octanol–water partition coefficient (Wildman–Crippen LogP) is 1.83. The monoisotopic (exact) mass is 227 g/mol. The highest BCUT2D eigenvalue weighted by Gasteiger charge is 2.27. The van der Waals surface area contributed by atoms with Gasteiger partial charge in [-0.05, 0) is 5.56 Å². The van der Waals surface area contributed by atoms with E-state index in [-0.39, 0.29) is 5.92 Å². The number of allylic oxidation sites excluding steroid dienone is 2. The first kappa shape index (κ1) is 11.2. The Morgan fingerprint density at radius 1 is 1.29 bits per heavy atom. The molecule has 0 amide bonds. The lowest BCUT2D eigenvalue weighted by atomic mass is 9.90. The summed E-state index contributed by atoms with van der Waals surface area (Å²) in [7, 11) is 1.51. The van der Waals surface area contributed by atoms with Gasteiger partial charge in [0, 0.05) is 12.0 Å². The molecular formula is C13H13N3O. The molecule has 0 radical (unpaired) electrons. The molecule has 0 spiro atoms. The van der Waals surface area contributed by atoms with Crippen molar-refractivity contribution in [3.05, 3.63) is 65.0 Å². The van der Waals surface area contributed by atoms with Crippen LogP contribution in [0.1, 0.15) is 11.5 Å². The Bertz CT molecular complexity index is 525. The second kappa shape index (κ2) is 4.68. The van der Waals surface area contributed by atoms with Crippen LogP contribution in [-0.4, -0.2) is 17.6 Å². The standard InChI is InChI=1S/C13H13N3O/c1-17-13-11(16-15)8-7-10(12(13)14)9-5-3-2-4-6-9/h2-8,10H,14H2,1H3. The van der Waals surface area contributed by atoms with Crippen molar-refractivity contribution in [3.63, 3.8) is 0 Å². The first-order valence-electron chi connectivity index (χ1n) is 5.27. The number of benzene rings is 1. The average Bonchev–Trinajstić information content (AvgIpc) is 2.39. The minimum absolute atomic E-state index is 0.0448. The minimum atomic E-state index is -0.0448. The van der Waals surface area contributed by atoms with Gasteiger partial charge in [-0.3, -0.25) is 0 Å². The fourth-order valence-electron chi connectivity index (χ4n) is 1.91. The molecule has 0 saturated heterocycles. The molecule has 0 heterocycles. The zero-order valence-corrected chi connectivity index (χ0v) is 9.50. The maximum Gasteiger partial charge on any atom is 0.358 e. The molecule has 1 aromatic rings. The van der Waals surface area contributed by atoms with Gasteiger partial charge in [-0.15, -0.1) is 0 Å². The van der Waals surface area contributed by atoms with E-state index in [0.29, 0.717) is 17.2 Å². The summed E-state index contributed by atoms with van der Waals surface area (Å²) in [6.07, 6.45) is 3.59. The maximum atomic E-state index is 8.83. The predicted molar refractivity (Wildman–Crippen MR) is 65.2 cm³/mol. The topological polar surface area (TPSA) is 71.7 Å². The SMILES string of the molecule is COC1=C(N)C(c2ccccc2)C=CC1=[N+]=[N-]. The Kier molecular flexibility index (Phi) is 3.08. The smallest absolute Gasteiger partial charge is 0.358 e. The van der Waals surface area contributed by atoms with E-state index in [1.54, 1.807) is 6.08 Å². The summed E-state index contributed by atoms with van der Waals surface area (Å²) in [5.41, 5.74) is 16.8. The zero-order valence-electron chi connectivity index (χ0n) is 9.50.